The van der Waals surface area contributed by atoms with E-state index in [2.05, 4.69) is 0 Å². The van der Waals surface area contributed by atoms with Crippen molar-refractivity contribution in [2.24, 2.45) is 5.92 Å². The van der Waals surface area contributed by atoms with E-state index in [0.717, 1.165) is 0 Å². The minimum atomic E-state index is -1.84. The highest BCUT2D eigenvalue weighted by molar-refractivity contribution is 6.13. The quantitative estimate of drug-likeness (QED) is 0.509. The summed E-state index contributed by atoms with van der Waals surface area (Å²) in [5, 5.41) is 9.79. The molecule has 0 heterocycles. The monoisotopic (exact) mass is 182 g/mol. The summed E-state index contributed by atoms with van der Waals surface area (Å²) in [6.45, 7) is 3.35. The van der Waals surface area contributed by atoms with Crippen molar-refractivity contribution in [3.63, 3.8) is 0 Å². The van der Waals surface area contributed by atoms with Crippen LogP contribution in [0.25, 0.3) is 0 Å². The summed E-state index contributed by atoms with van der Waals surface area (Å²) >= 11 is 0. The van der Waals surface area contributed by atoms with Gasteiger partial charge in [0.2, 0.25) is 0 Å². The van der Waals surface area contributed by atoms with Gasteiger partial charge in [0.25, 0.3) is 0 Å². The normalized spacial score (nSPS) is 28.2. The fourth-order valence-corrected chi connectivity index (χ4v) is 1.41. The topological polar surface area (TPSA) is 54.4 Å². The van der Waals surface area contributed by atoms with Gasteiger partial charge in [-0.25, -0.2) is 0 Å². The van der Waals surface area contributed by atoms with E-state index in [1.54, 1.807) is 19.9 Å². The second-order valence-corrected chi connectivity index (χ2v) is 3.65. The number of aliphatic hydroxyl groups is 1. The Morgan fingerprint density at radius 1 is 1.62 bits per heavy atom. The van der Waals surface area contributed by atoms with Gasteiger partial charge in [-0.1, -0.05) is 19.9 Å². The van der Waals surface area contributed by atoms with Gasteiger partial charge in [0.1, 0.15) is 0 Å². The summed E-state index contributed by atoms with van der Waals surface area (Å²) in [4.78, 5) is 22.8. The molecule has 0 aromatic carbocycles. The van der Waals surface area contributed by atoms with Crippen LogP contribution >= 0.6 is 0 Å². The Balaban J connectivity index is 2.97. The lowest BCUT2D eigenvalue weighted by Gasteiger charge is -2.25. The molecule has 0 saturated heterocycles. The molecular formula is C10H14O3. The number of hydrogen-bond acceptors (Lipinski definition) is 3. The van der Waals surface area contributed by atoms with Crippen LogP contribution in [0.15, 0.2) is 12.2 Å². The first-order valence-electron chi connectivity index (χ1n) is 4.46. The summed E-state index contributed by atoms with van der Waals surface area (Å²) in [6, 6.07) is 0. The van der Waals surface area contributed by atoms with Crippen LogP contribution in [0, 0.1) is 5.92 Å². The third kappa shape index (κ3) is 1.70. The first-order chi connectivity index (χ1) is 5.98. The van der Waals surface area contributed by atoms with Crippen molar-refractivity contribution in [3.05, 3.63) is 12.2 Å². The maximum absolute atomic E-state index is 11.5. The Morgan fingerprint density at radius 3 is 2.69 bits per heavy atom. The van der Waals surface area contributed by atoms with Gasteiger partial charge in [0.05, 0.1) is 0 Å². The molecular weight excluding hydrogens is 168 g/mol. The number of ketones is 2. The molecule has 0 radical (unpaired) electrons. The average Bonchev–Trinajstić information content (AvgIpc) is 2.09. The van der Waals surface area contributed by atoms with E-state index in [1.165, 1.54) is 6.08 Å². The Labute approximate surface area is 77.4 Å². The van der Waals surface area contributed by atoms with Gasteiger partial charge in [-0.15, -0.1) is 0 Å². The Bertz CT molecular complexity index is 265. The van der Waals surface area contributed by atoms with Crippen LogP contribution in [-0.4, -0.2) is 22.3 Å². The van der Waals surface area contributed by atoms with E-state index in [9.17, 15) is 14.7 Å². The van der Waals surface area contributed by atoms with Gasteiger partial charge in [0, 0.05) is 12.3 Å². The molecule has 0 aromatic rings. The molecule has 0 bridgehead atoms. The third-order valence-corrected chi connectivity index (χ3v) is 2.22. The third-order valence-electron chi connectivity index (χ3n) is 2.22. The van der Waals surface area contributed by atoms with E-state index >= 15 is 0 Å². The Kier molecular flexibility index (Phi) is 2.66. The zero-order valence-electron chi connectivity index (χ0n) is 7.91. The van der Waals surface area contributed by atoms with Crippen molar-refractivity contribution in [1.29, 1.82) is 0 Å². The van der Waals surface area contributed by atoms with Crippen molar-refractivity contribution in [3.8, 4) is 0 Å². The molecule has 0 aliphatic heterocycles. The summed E-state index contributed by atoms with van der Waals surface area (Å²) < 4.78 is 0. The van der Waals surface area contributed by atoms with E-state index < -0.39 is 11.4 Å². The molecule has 1 N–H and O–H groups in total. The first kappa shape index (κ1) is 10.1. The molecule has 3 nitrogen and oxygen atoms in total. The lowest BCUT2D eigenvalue weighted by Crippen LogP contribution is -2.48. The summed E-state index contributed by atoms with van der Waals surface area (Å²) in [5.74, 6) is -1.11. The summed E-state index contributed by atoms with van der Waals surface area (Å²) in [5.41, 5.74) is -1.84. The lowest BCUT2D eigenvalue weighted by molar-refractivity contribution is -0.148. The number of allylic oxidation sites excluding steroid dienone is 1. The van der Waals surface area contributed by atoms with Gasteiger partial charge < -0.3 is 5.11 Å². The molecule has 1 aliphatic carbocycles. The highest BCUT2D eigenvalue weighted by Crippen LogP contribution is 2.22. The molecule has 1 atom stereocenters. The summed E-state index contributed by atoms with van der Waals surface area (Å²) in [7, 11) is 0. The fourth-order valence-electron chi connectivity index (χ4n) is 1.41. The molecule has 13 heavy (non-hydrogen) atoms. The number of carbonyl (C=O) groups excluding carboxylic acids is 2. The highest BCUT2D eigenvalue weighted by Gasteiger charge is 2.42. The smallest absolute Gasteiger partial charge is 0.200 e. The van der Waals surface area contributed by atoms with E-state index in [-0.39, 0.29) is 18.1 Å². The predicted octanol–water partition coefficient (Wildman–Crippen LogP) is 0.862. The van der Waals surface area contributed by atoms with Crippen molar-refractivity contribution in [2.75, 3.05) is 0 Å². The van der Waals surface area contributed by atoms with Gasteiger partial charge >= 0.3 is 0 Å². The zero-order valence-corrected chi connectivity index (χ0v) is 7.91. The van der Waals surface area contributed by atoms with Crippen LogP contribution in [0.2, 0.25) is 0 Å². The number of Topliss-reactive ketones (excluding diaryl/α,β-unsaturated/α-hetero) is 2. The zero-order chi connectivity index (χ0) is 10.1. The average molecular weight is 182 g/mol. The van der Waals surface area contributed by atoms with Crippen LogP contribution in [0.1, 0.15) is 26.7 Å². The van der Waals surface area contributed by atoms with Gasteiger partial charge in [-0.2, -0.15) is 0 Å². The number of hydrogen-bond donors (Lipinski definition) is 1. The Hall–Kier alpha value is -0.960. The number of rotatable bonds is 2. The van der Waals surface area contributed by atoms with Gasteiger partial charge in [-0.3, -0.25) is 9.59 Å². The molecule has 0 spiro atoms. The summed E-state index contributed by atoms with van der Waals surface area (Å²) in [6.07, 6.45) is 3.88. The Morgan fingerprint density at radius 2 is 2.23 bits per heavy atom. The van der Waals surface area contributed by atoms with Crippen molar-refractivity contribution >= 4 is 11.6 Å². The largest absolute Gasteiger partial charge is 0.371 e. The van der Waals surface area contributed by atoms with Crippen LogP contribution < -0.4 is 0 Å². The standard InChI is InChI=1S/C10H14O3/c1-7(2)9(12)10(13)6-4-3-5-8(10)11/h4,6-7,13H,3,5H2,1-2H3. The van der Waals surface area contributed by atoms with Crippen molar-refractivity contribution in [2.45, 2.75) is 32.3 Å². The maximum atomic E-state index is 11.5. The van der Waals surface area contributed by atoms with E-state index in [1.807, 2.05) is 0 Å². The van der Waals surface area contributed by atoms with Crippen LogP contribution in [0.4, 0.5) is 0 Å². The SMILES string of the molecule is CC(C)C(=O)C1(O)C=CCCC1=O. The molecule has 3 heteroatoms. The molecule has 0 fully saturated rings. The lowest BCUT2D eigenvalue weighted by atomic mass is 9.82. The molecule has 1 rings (SSSR count). The van der Waals surface area contributed by atoms with Crippen molar-refractivity contribution in [1.82, 2.24) is 0 Å². The fraction of sp³-hybridized carbons (Fsp3) is 0.600. The highest BCUT2D eigenvalue weighted by atomic mass is 16.3. The van der Waals surface area contributed by atoms with E-state index in [0.29, 0.717) is 6.42 Å². The number of carbonyl (C=O) groups is 2. The molecule has 1 unspecified atom stereocenters. The molecule has 72 valence electrons. The second kappa shape index (κ2) is 3.42. The second-order valence-electron chi connectivity index (χ2n) is 3.65. The van der Waals surface area contributed by atoms with Gasteiger partial charge in [0.15, 0.2) is 17.2 Å². The molecule has 1 aliphatic rings. The van der Waals surface area contributed by atoms with Gasteiger partial charge in [-0.05, 0) is 12.5 Å². The first-order valence-corrected chi connectivity index (χ1v) is 4.46. The van der Waals surface area contributed by atoms with E-state index in [4.69, 9.17) is 0 Å². The molecule has 0 aromatic heterocycles. The maximum Gasteiger partial charge on any atom is 0.200 e. The van der Waals surface area contributed by atoms with Crippen LogP contribution in [0.3, 0.4) is 0 Å². The predicted molar refractivity (Wildman–Crippen MR) is 48.2 cm³/mol. The van der Waals surface area contributed by atoms with Crippen LogP contribution in [0.5, 0.6) is 0 Å². The molecule has 0 saturated carbocycles. The molecule has 0 amide bonds. The minimum Gasteiger partial charge on any atom is -0.371 e. The van der Waals surface area contributed by atoms with Crippen LogP contribution in [-0.2, 0) is 9.59 Å². The van der Waals surface area contributed by atoms with Crippen molar-refractivity contribution < 1.29 is 14.7 Å². The minimum absolute atomic E-state index is 0.255.